The first kappa shape index (κ1) is 17.9. The quantitative estimate of drug-likeness (QED) is 0.704. The van der Waals surface area contributed by atoms with Gasteiger partial charge in [0.15, 0.2) is 11.6 Å². The number of nitrogens with zero attached hydrogens (tertiary/aromatic N) is 3. The molecule has 2 aromatic heterocycles. The van der Waals surface area contributed by atoms with E-state index in [2.05, 4.69) is 4.98 Å². The molecule has 0 N–H and O–H groups in total. The maximum absolute atomic E-state index is 13.6. The third-order valence-electron chi connectivity index (χ3n) is 4.24. The summed E-state index contributed by atoms with van der Waals surface area (Å²) in [6, 6.07) is 6.07. The van der Waals surface area contributed by atoms with Crippen molar-refractivity contribution in [3.8, 4) is 5.75 Å². The number of carbonyl (C=O) groups is 1. The Hall–Kier alpha value is -2.93. The van der Waals surface area contributed by atoms with Crippen LogP contribution >= 0.6 is 0 Å². The Bertz CT molecular complexity index is 968. The summed E-state index contributed by atoms with van der Waals surface area (Å²) < 4.78 is 25.7. The Morgan fingerprint density at radius 3 is 2.77 bits per heavy atom. The minimum absolute atomic E-state index is 0.0862. The summed E-state index contributed by atoms with van der Waals surface area (Å²) in [6.07, 6.45) is 3.49. The van der Waals surface area contributed by atoms with Crippen LogP contribution < -0.4 is 9.64 Å². The maximum Gasteiger partial charge on any atom is 0.259 e. The van der Waals surface area contributed by atoms with E-state index in [9.17, 15) is 9.18 Å². The van der Waals surface area contributed by atoms with Crippen LogP contribution in [0.2, 0.25) is 0 Å². The van der Waals surface area contributed by atoms with Gasteiger partial charge in [-0.25, -0.2) is 9.37 Å². The molecule has 3 rings (SSSR count). The predicted octanol–water partition coefficient (Wildman–Crippen LogP) is 3.21. The number of fused-ring (bicyclic) bond motifs is 1. The van der Waals surface area contributed by atoms with Gasteiger partial charge in [0.2, 0.25) is 0 Å². The molecule has 1 amide bonds. The van der Waals surface area contributed by atoms with Crippen LogP contribution in [0.15, 0.2) is 36.7 Å². The predicted molar refractivity (Wildman–Crippen MR) is 96.3 cm³/mol. The SMILES string of the molecule is COCc1cc(C(=O)N(C)c2ccc(F)c(OC)c2)cn2c(C)cnc12. The first-order valence-electron chi connectivity index (χ1n) is 8.03. The molecule has 0 atom stereocenters. The highest BCUT2D eigenvalue weighted by Crippen LogP contribution is 2.25. The van der Waals surface area contributed by atoms with Crippen LogP contribution in [-0.4, -0.2) is 36.6 Å². The minimum atomic E-state index is -0.477. The fourth-order valence-corrected chi connectivity index (χ4v) is 2.82. The molecule has 0 saturated heterocycles. The number of rotatable bonds is 5. The maximum atomic E-state index is 13.6. The molecular formula is C19H20FN3O3. The highest BCUT2D eigenvalue weighted by molar-refractivity contribution is 6.06. The number of hydrogen-bond donors (Lipinski definition) is 0. The molecule has 6 nitrogen and oxygen atoms in total. The van der Waals surface area contributed by atoms with Gasteiger partial charge >= 0.3 is 0 Å². The largest absolute Gasteiger partial charge is 0.494 e. The van der Waals surface area contributed by atoms with Gasteiger partial charge in [0.05, 0.1) is 19.3 Å². The second-order valence-corrected chi connectivity index (χ2v) is 5.96. The van der Waals surface area contributed by atoms with Crippen molar-refractivity contribution in [3.63, 3.8) is 0 Å². The molecule has 2 heterocycles. The molecule has 0 saturated carbocycles. The fourth-order valence-electron chi connectivity index (χ4n) is 2.82. The zero-order valence-electron chi connectivity index (χ0n) is 15.1. The van der Waals surface area contributed by atoms with Gasteiger partial charge in [-0.15, -0.1) is 0 Å². The summed E-state index contributed by atoms with van der Waals surface area (Å²) in [5.41, 5.74) is 3.50. The van der Waals surface area contributed by atoms with E-state index >= 15 is 0 Å². The second-order valence-electron chi connectivity index (χ2n) is 5.96. The average molecular weight is 357 g/mol. The Balaban J connectivity index is 2.02. The molecule has 0 spiro atoms. The highest BCUT2D eigenvalue weighted by atomic mass is 19.1. The molecule has 0 radical (unpaired) electrons. The summed E-state index contributed by atoms with van der Waals surface area (Å²) in [7, 11) is 4.62. The van der Waals surface area contributed by atoms with Crippen LogP contribution in [0.1, 0.15) is 21.6 Å². The van der Waals surface area contributed by atoms with Gasteiger partial charge in [-0.05, 0) is 25.1 Å². The summed E-state index contributed by atoms with van der Waals surface area (Å²) >= 11 is 0. The van der Waals surface area contributed by atoms with Crippen LogP contribution in [0.3, 0.4) is 0 Å². The number of halogens is 1. The smallest absolute Gasteiger partial charge is 0.259 e. The van der Waals surface area contributed by atoms with E-state index in [1.54, 1.807) is 32.6 Å². The van der Waals surface area contributed by atoms with Gasteiger partial charge in [-0.2, -0.15) is 0 Å². The molecule has 0 aliphatic heterocycles. The van der Waals surface area contributed by atoms with Crippen molar-refractivity contribution in [2.45, 2.75) is 13.5 Å². The lowest BCUT2D eigenvalue weighted by Gasteiger charge is -2.19. The zero-order valence-corrected chi connectivity index (χ0v) is 15.1. The number of hydrogen-bond acceptors (Lipinski definition) is 4. The number of benzene rings is 1. The Morgan fingerprint density at radius 1 is 1.31 bits per heavy atom. The van der Waals surface area contributed by atoms with Gasteiger partial charge in [0.1, 0.15) is 5.65 Å². The van der Waals surface area contributed by atoms with Crippen LogP contribution in [-0.2, 0) is 11.3 Å². The van der Waals surface area contributed by atoms with Crippen molar-refractivity contribution < 1.29 is 18.7 Å². The van der Waals surface area contributed by atoms with E-state index in [1.807, 2.05) is 11.3 Å². The number of aromatic nitrogens is 2. The zero-order chi connectivity index (χ0) is 18.8. The van der Waals surface area contributed by atoms with E-state index in [0.717, 1.165) is 16.9 Å². The van der Waals surface area contributed by atoms with Gasteiger partial charge in [-0.1, -0.05) is 0 Å². The first-order valence-corrected chi connectivity index (χ1v) is 8.03. The standard InChI is InChI=1S/C19H20FN3O3/c1-12-9-21-18-14(11-25-3)7-13(10-23(12)18)19(24)22(2)15-5-6-16(20)17(8-15)26-4/h5-10H,11H2,1-4H3. The topological polar surface area (TPSA) is 56.1 Å². The average Bonchev–Trinajstić information content (AvgIpc) is 3.02. The first-order chi connectivity index (χ1) is 12.5. The fraction of sp³-hybridized carbons (Fsp3) is 0.263. The van der Waals surface area contributed by atoms with E-state index in [0.29, 0.717) is 17.9 Å². The normalized spacial score (nSPS) is 11.0. The lowest BCUT2D eigenvalue weighted by atomic mass is 10.1. The monoisotopic (exact) mass is 357 g/mol. The van der Waals surface area contributed by atoms with E-state index < -0.39 is 5.82 Å². The molecule has 0 aliphatic rings. The molecule has 0 unspecified atom stereocenters. The number of aryl methyl sites for hydroxylation is 1. The number of carbonyl (C=O) groups excluding carboxylic acids is 1. The third-order valence-corrected chi connectivity index (χ3v) is 4.24. The van der Waals surface area contributed by atoms with Crippen molar-refractivity contribution in [2.24, 2.45) is 0 Å². The Morgan fingerprint density at radius 2 is 2.08 bits per heavy atom. The highest BCUT2D eigenvalue weighted by Gasteiger charge is 2.18. The summed E-state index contributed by atoms with van der Waals surface area (Å²) in [5, 5.41) is 0. The van der Waals surface area contributed by atoms with Crippen LogP contribution in [0.5, 0.6) is 5.75 Å². The molecule has 0 fully saturated rings. The summed E-state index contributed by atoms with van der Waals surface area (Å²) in [4.78, 5) is 18.8. The molecular weight excluding hydrogens is 337 g/mol. The molecule has 136 valence electrons. The lowest BCUT2D eigenvalue weighted by Crippen LogP contribution is -2.26. The number of imidazole rings is 1. The van der Waals surface area contributed by atoms with Crippen molar-refractivity contribution in [1.82, 2.24) is 9.38 Å². The van der Waals surface area contributed by atoms with Crippen molar-refractivity contribution in [3.05, 3.63) is 59.3 Å². The number of amides is 1. The Kier molecular flexibility index (Phi) is 4.90. The second kappa shape index (κ2) is 7.13. The van der Waals surface area contributed by atoms with Crippen LogP contribution in [0.4, 0.5) is 10.1 Å². The summed E-state index contributed by atoms with van der Waals surface area (Å²) in [5.74, 6) is -0.621. The van der Waals surface area contributed by atoms with Gasteiger partial charge < -0.3 is 18.8 Å². The third kappa shape index (κ3) is 3.13. The number of anilines is 1. The molecule has 1 aromatic carbocycles. The lowest BCUT2D eigenvalue weighted by molar-refractivity contribution is 0.0992. The molecule has 7 heteroatoms. The van der Waals surface area contributed by atoms with Gasteiger partial charge in [-0.3, -0.25) is 4.79 Å². The van der Waals surface area contributed by atoms with E-state index in [4.69, 9.17) is 9.47 Å². The van der Waals surface area contributed by atoms with Gasteiger partial charge in [0, 0.05) is 49.6 Å². The van der Waals surface area contributed by atoms with Crippen LogP contribution in [0.25, 0.3) is 5.65 Å². The van der Waals surface area contributed by atoms with Gasteiger partial charge in [0.25, 0.3) is 5.91 Å². The number of ether oxygens (including phenoxy) is 2. The van der Waals surface area contributed by atoms with Crippen LogP contribution in [0, 0.1) is 12.7 Å². The Labute approximate surface area is 150 Å². The number of methoxy groups -OCH3 is 2. The van der Waals surface area contributed by atoms with E-state index in [-0.39, 0.29) is 11.7 Å². The molecule has 0 aliphatic carbocycles. The van der Waals surface area contributed by atoms with Crippen molar-refractivity contribution in [1.29, 1.82) is 0 Å². The molecule has 26 heavy (non-hydrogen) atoms. The molecule has 3 aromatic rings. The van der Waals surface area contributed by atoms with Crippen molar-refractivity contribution >= 4 is 17.2 Å². The van der Waals surface area contributed by atoms with E-state index in [1.165, 1.54) is 30.2 Å². The molecule has 0 bridgehead atoms. The minimum Gasteiger partial charge on any atom is -0.494 e. The summed E-state index contributed by atoms with van der Waals surface area (Å²) in [6.45, 7) is 2.26. The van der Waals surface area contributed by atoms with Crippen molar-refractivity contribution in [2.75, 3.05) is 26.2 Å². The number of pyridine rings is 1.